The van der Waals surface area contributed by atoms with E-state index in [1.165, 1.54) is 11.1 Å². The molecule has 4 nitrogen and oxygen atoms in total. The van der Waals surface area contributed by atoms with Gasteiger partial charge < -0.3 is 18.9 Å². The molecule has 0 N–H and O–H groups in total. The molecule has 0 unspecified atom stereocenters. The number of para-hydroxylation sites is 3. The van der Waals surface area contributed by atoms with Crippen molar-refractivity contribution in [3.05, 3.63) is 117 Å². The summed E-state index contributed by atoms with van der Waals surface area (Å²) in [5.74, 6) is 4.50. The molecule has 8 bridgehead atoms. The van der Waals surface area contributed by atoms with Gasteiger partial charge in [0.1, 0.15) is 36.2 Å². The van der Waals surface area contributed by atoms with Crippen LogP contribution in [0.25, 0.3) is 0 Å². The minimum atomic E-state index is -0.111. The van der Waals surface area contributed by atoms with Gasteiger partial charge in [-0.3, -0.25) is 0 Å². The van der Waals surface area contributed by atoms with Gasteiger partial charge >= 0.3 is 0 Å². The Labute approximate surface area is 297 Å². The van der Waals surface area contributed by atoms with Gasteiger partial charge in [-0.2, -0.15) is 0 Å². The number of halogens is 2. The first-order valence-corrected chi connectivity index (χ1v) is 18.5. The molecule has 0 spiro atoms. The summed E-state index contributed by atoms with van der Waals surface area (Å²) < 4.78 is 26.3. The predicted molar refractivity (Wildman–Crippen MR) is 200 cm³/mol. The molecule has 1 aliphatic rings. The van der Waals surface area contributed by atoms with Gasteiger partial charge in [0.15, 0.2) is 0 Å². The van der Waals surface area contributed by atoms with Gasteiger partial charge in [-0.05, 0) is 62.8 Å². The number of benzene rings is 4. The van der Waals surface area contributed by atoms with E-state index in [0.29, 0.717) is 63.9 Å². The molecule has 48 heavy (non-hydrogen) atoms. The summed E-state index contributed by atoms with van der Waals surface area (Å²) in [6.45, 7) is 13.2. The summed E-state index contributed by atoms with van der Waals surface area (Å²) in [7, 11) is 0. The first-order chi connectivity index (χ1) is 23.3. The first kappa shape index (κ1) is 36.0. The minimum Gasteiger partial charge on any atom is -0.493 e. The SMILES string of the molecule is CCCOc1c2cccc1Cc1ccc(C(C)(C)C)c(c1OCCCl)Cc1cccc(c1OCCC)Cc1cccc(c1OCCCl)C2. The highest BCUT2D eigenvalue weighted by atomic mass is 35.5. The summed E-state index contributed by atoms with van der Waals surface area (Å²) in [5, 5.41) is 0. The highest BCUT2D eigenvalue weighted by Crippen LogP contribution is 2.42. The molecule has 0 fully saturated rings. The molecule has 1 aliphatic carbocycles. The largest absolute Gasteiger partial charge is 0.493 e. The summed E-state index contributed by atoms with van der Waals surface area (Å²) in [4.78, 5) is 0. The van der Waals surface area contributed by atoms with Gasteiger partial charge in [-0.15, -0.1) is 23.2 Å². The Morgan fingerprint density at radius 2 is 0.833 bits per heavy atom. The standard InChI is InChI=1S/C42H50Cl2O4/c1-6-21-45-38-29-11-8-14-33(38)27-35-17-18-37(42(3,4)5)36(41(35)48-24-20-44)28-34-16-10-15-32(40(34)46-22-7-2)26-31-13-9-12-30(25-29)39(31)47-23-19-43/h8-18H,6-7,19-28H2,1-5H3. The van der Waals surface area contributed by atoms with Crippen LogP contribution in [0.4, 0.5) is 0 Å². The van der Waals surface area contributed by atoms with Crippen molar-refractivity contribution < 1.29 is 18.9 Å². The van der Waals surface area contributed by atoms with Crippen LogP contribution in [0.5, 0.6) is 23.0 Å². The van der Waals surface area contributed by atoms with Crippen LogP contribution in [0.15, 0.2) is 66.7 Å². The van der Waals surface area contributed by atoms with Crippen LogP contribution in [0.2, 0.25) is 0 Å². The lowest BCUT2D eigenvalue weighted by Gasteiger charge is -2.28. The van der Waals surface area contributed by atoms with Gasteiger partial charge in [0.2, 0.25) is 0 Å². The zero-order valence-corrected chi connectivity index (χ0v) is 30.7. The molecule has 256 valence electrons. The van der Waals surface area contributed by atoms with Crippen molar-refractivity contribution >= 4 is 23.2 Å². The van der Waals surface area contributed by atoms with Gasteiger partial charge in [0.25, 0.3) is 0 Å². The molecular formula is C42H50Cl2O4. The maximum atomic E-state index is 6.63. The summed E-state index contributed by atoms with van der Waals surface area (Å²) in [6.07, 6.45) is 4.50. The van der Waals surface area contributed by atoms with Crippen LogP contribution in [0, 0.1) is 0 Å². The summed E-state index contributed by atoms with van der Waals surface area (Å²) in [6, 6.07) is 24.0. The molecule has 0 atom stereocenters. The summed E-state index contributed by atoms with van der Waals surface area (Å²) >= 11 is 12.4. The number of hydrogen-bond donors (Lipinski definition) is 0. The van der Waals surface area contributed by atoms with Crippen LogP contribution < -0.4 is 18.9 Å². The Kier molecular flexibility index (Phi) is 12.6. The van der Waals surface area contributed by atoms with Crippen LogP contribution in [0.1, 0.15) is 97.5 Å². The third-order valence-corrected chi connectivity index (χ3v) is 9.05. The number of hydrogen-bond acceptors (Lipinski definition) is 4. The first-order valence-electron chi connectivity index (χ1n) is 17.4. The van der Waals surface area contributed by atoms with E-state index in [4.69, 9.17) is 42.1 Å². The van der Waals surface area contributed by atoms with Crippen LogP contribution in [-0.2, 0) is 31.1 Å². The second kappa shape index (κ2) is 16.9. The molecular weight excluding hydrogens is 639 g/mol. The third kappa shape index (κ3) is 8.44. The molecule has 0 aliphatic heterocycles. The van der Waals surface area contributed by atoms with Crippen molar-refractivity contribution in [2.24, 2.45) is 0 Å². The van der Waals surface area contributed by atoms with E-state index in [0.717, 1.165) is 74.8 Å². The summed E-state index contributed by atoms with van der Waals surface area (Å²) in [5.41, 5.74) is 10.2. The fourth-order valence-corrected chi connectivity index (χ4v) is 6.83. The lowest BCUT2D eigenvalue weighted by molar-refractivity contribution is 0.309. The monoisotopic (exact) mass is 688 g/mol. The molecule has 0 aromatic heterocycles. The maximum absolute atomic E-state index is 6.63. The van der Waals surface area contributed by atoms with E-state index in [9.17, 15) is 0 Å². The smallest absolute Gasteiger partial charge is 0.126 e. The van der Waals surface area contributed by atoms with Gasteiger partial charge in [-0.1, -0.05) is 101 Å². The average Bonchev–Trinajstić information content (AvgIpc) is 3.06. The number of ether oxygens (including phenoxy) is 4. The molecule has 6 heteroatoms. The Balaban J connectivity index is 1.82. The quantitative estimate of drug-likeness (QED) is 0.122. The van der Waals surface area contributed by atoms with E-state index in [2.05, 4.69) is 101 Å². The predicted octanol–water partition coefficient (Wildman–Crippen LogP) is 10.5. The fraction of sp³-hybridized carbons (Fsp3) is 0.429. The Bertz CT molecular complexity index is 1670. The molecule has 0 saturated carbocycles. The van der Waals surface area contributed by atoms with E-state index < -0.39 is 0 Å². The maximum Gasteiger partial charge on any atom is 0.126 e. The third-order valence-electron chi connectivity index (χ3n) is 8.74. The Hall–Kier alpha value is -3.34. The second-order valence-corrected chi connectivity index (χ2v) is 14.3. The van der Waals surface area contributed by atoms with Crippen molar-refractivity contribution in [3.63, 3.8) is 0 Å². The molecule has 0 saturated heterocycles. The van der Waals surface area contributed by atoms with E-state index >= 15 is 0 Å². The van der Waals surface area contributed by atoms with Crippen LogP contribution >= 0.6 is 23.2 Å². The van der Waals surface area contributed by atoms with Crippen molar-refractivity contribution in [2.75, 3.05) is 38.2 Å². The average molecular weight is 690 g/mol. The van der Waals surface area contributed by atoms with Crippen molar-refractivity contribution in [2.45, 2.75) is 78.6 Å². The zero-order valence-electron chi connectivity index (χ0n) is 29.2. The van der Waals surface area contributed by atoms with Crippen molar-refractivity contribution in [1.82, 2.24) is 0 Å². The fourth-order valence-electron chi connectivity index (χ4n) is 6.67. The molecule has 4 aromatic rings. The Morgan fingerprint density at radius 3 is 1.21 bits per heavy atom. The Morgan fingerprint density at radius 1 is 0.479 bits per heavy atom. The van der Waals surface area contributed by atoms with E-state index in [1.807, 2.05) is 0 Å². The number of alkyl halides is 2. The number of fused-ring (bicyclic) bond motifs is 8. The van der Waals surface area contributed by atoms with E-state index in [1.54, 1.807) is 0 Å². The molecule has 0 radical (unpaired) electrons. The highest BCUT2D eigenvalue weighted by molar-refractivity contribution is 6.18. The highest BCUT2D eigenvalue weighted by Gasteiger charge is 2.26. The zero-order chi connectivity index (χ0) is 34.1. The lowest BCUT2D eigenvalue weighted by atomic mass is 9.80. The van der Waals surface area contributed by atoms with Gasteiger partial charge in [0.05, 0.1) is 25.0 Å². The second-order valence-electron chi connectivity index (χ2n) is 13.5. The normalized spacial score (nSPS) is 12.8. The molecule has 4 aromatic carbocycles. The van der Waals surface area contributed by atoms with Gasteiger partial charge in [-0.25, -0.2) is 0 Å². The number of rotatable bonds is 12. The van der Waals surface area contributed by atoms with Crippen LogP contribution in [0.3, 0.4) is 0 Å². The van der Waals surface area contributed by atoms with Crippen molar-refractivity contribution in [3.8, 4) is 23.0 Å². The minimum absolute atomic E-state index is 0.111. The van der Waals surface area contributed by atoms with Crippen molar-refractivity contribution in [1.29, 1.82) is 0 Å². The molecule has 0 heterocycles. The lowest BCUT2D eigenvalue weighted by Crippen LogP contribution is -2.18. The molecule has 0 amide bonds. The molecule has 5 rings (SSSR count). The van der Waals surface area contributed by atoms with Crippen LogP contribution in [-0.4, -0.2) is 38.2 Å². The van der Waals surface area contributed by atoms with Gasteiger partial charge in [0, 0.05) is 31.2 Å². The van der Waals surface area contributed by atoms with E-state index in [-0.39, 0.29) is 5.41 Å². The topological polar surface area (TPSA) is 36.9 Å².